The van der Waals surface area contributed by atoms with Crippen molar-refractivity contribution in [1.29, 1.82) is 0 Å². The van der Waals surface area contributed by atoms with Crippen molar-refractivity contribution in [1.82, 2.24) is 19.6 Å². The lowest BCUT2D eigenvalue weighted by Crippen LogP contribution is -2.34. The quantitative estimate of drug-likeness (QED) is 0.255. The number of carbonyl (C=O) groups excluding carboxylic acids is 1. The van der Waals surface area contributed by atoms with E-state index in [-0.39, 0.29) is 23.4 Å². The highest BCUT2D eigenvalue weighted by molar-refractivity contribution is 7.91. The molecule has 1 aromatic heterocycles. The Hall–Kier alpha value is -3.82. The number of piperidine rings is 1. The summed E-state index contributed by atoms with van der Waals surface area (Å²) in [5, 5.41) is 4.67. The van der Waals surface area contributed by atoms with Crippen molar-refractivity contribution in [2.75, 3.05) is 31.9 Å². The van der Waals surface area contributed by atoms with Crippen LogP contribution in [0.15, 0.2) is 90.0 Å². The minimum absolute atomic E-state index is 0.00587. The highest BCUT2D eigenvalue weighted by Crippen LogP contribution is 2.35. The standard InChI is InChI=1S/C34H37FN4O3S/c1-2-43(41,42)31-14-8-25(9-15-31)23-37-19-16-27(17-20-37)33-32(22-36-39(33)30-12-10-29(35)11-13-30)34(40)38-21-18-28(24-38)26-6-4-3-5-7-26/h3-15,22,27-28H,2,16-21,23-24H2,1H3. The summed E-state index contributed by atoms with van der Waals surface area (Å²) < 4.78 is 39.9. The molecule has 2 aliphatic rings. The summed E-state index contributed by atoms with van der Waals surface area (Å²) in [6.45, 7) is 5.44. The fourth-order valence-corrected chi connectivity index (χ4v) is 7.29. The third kappa shape index (κ3) is 6.28. The number of amides is 1. The first-order valence-electron chi connectivity index (χ1n) is 15.0. The first-order chi connectivity index (χ1) is 20.8. The molecule has 9 heteroatoms. The Morgan fingerprint density at radius 2 is 1.56 bits per heavy atom. The van der Waals surface area contributed by atoms with Crippen molar-refractivity contribution < 1.29 is 17.6 Å². The van der Waals surface area contributed by atoms with E-state index in [0.29, 0.717) is 29.5 Å². The van der Waals surface area contributed by atoms with Gasteiger partial charge in [-0.1, -0.05) is 49.4 Å². The lowest BCUT2D eigenvalue weighted by Gasteiger charge is -2.33. The molecule has 0 aliphatic carbocycles. The predicted molar refractivity (Wildman–Crippen MR) is 165 cm³/mol. The van der Waals surface area contributed by atoms with Crippen LogP contribution in [0, 0.1) is 5.82 Å². The second-order valence-corrected chi connectivity index (χ2v) is 13.9. The lowest BCUT2D eigenvalue weighted by molar-refractivity contribution is 0.0788. The molecule has 7 nitrogen and oxygen atoms in total. The van der Waals surface area contributed by atoms with E-state index in [4.69, 9.17) is 0 Å². The maximum Gasteiger partial charge on any atom is 0.257 e. The van der Waals surface area contributed by atoms with Gasteiger partial charge in [0, 0.05) is 31.5 Å². The highest BCUT2D eigenvalue weighted by atomic mass is 32.2. The van der Waals surface area contributed by atoms with E-state index in [9.17, 15) is 17.6 Å². The van der Waals surface area contributed by atoms with Gasteiger partial charge in [-0.25, -0.2) is 17.5 Å². The number of benzene rings is 3. The maximum absolute atomic E-state index is 14.0. The summed E-state index contributed by atoms with van der Waals surface area (Å²) in [5.41, 5.74) is 4.60. The van der Waals surface area contributed by atoms with Crippen LogP contribution in [0.25, 0.3) is 5.69 Å². The topological polar surface area (TPSA) is 75.5 Å². The van der Waals surface area contributed by atoms with Gasteiger partial charge in [0.05, 0.1) is 33.8 Å². The molecule has 0 spiro atoms. The fourth-order valence-electron chi connectivity index (χ4n) is 6.41. The van der Waals surface area contributed by atoms with Gasteiger partial charge < -0.3 is 4.90 Å². The average Bonchev–Trinajstić information content (AvgIpc) is 3.71. The zero-order chi connectivity index (χ0) is 30.0. The molecular weight excluding hydrogens is 563 g/mol. The van der Waals surface area contributed by atoms with E-state index in [0.717, 1.165) is 55.8 Å². The summed E-state index contributed by atoms with van der Waals surface area (Å²) >= 11 is 0. The molecule has 1 atom stereocenters. The van der Waals surface area contributed by atoms with Crippen LogP contribution in [0.2, 0.25) is 0 Å². The number of halogens is 1. The molecule has 0 saturated carbocycles. The van der Waals surface area contributed by atoms with Crippen molar-refractivity contribution in [3.8, 4) is 5.69 Å². The third-order valence-corrected chi connectivity index (χ3v) is 10.6. The van der Waals surface area contributed by atoms with Gasteiger partial charge in [-0.15, -0.1) is 0 Å². The second kappa shape index (κ2) is 12.4. The summed E-state index contributed by atoms with van der Waals surface area (Å²) in [7, 11) is -3.22. The van der Waals surface area contributed by atoms with E-state index >= 15 is 0 Å². The number of sulfone groups is 1. The number of rotatable bonds is 8. The summed E-state index contributed by atoms with van der Waals surface area (Å²) in [5.74, 6) is 0.217. The molecule has 2 saturated heterocycles. The van der Waals surface area contributed by atoms with Crippen LogP contribution in [0.4, 0.5) is 4.39 Å². The predicted octanol–water partition coefficient (Wildman–Crippen LogP) is 5.81. The van der Waals surface area contributed by atoms with Crippen molar-refractivity contribution >= 4 is 15.7 Å². The Morgan fingerprint density at radius 3 is 2.23 bits per heavy atom. The number of aromatic nitrogens is 2. The van der Waals surface area contributed by atoms with Gasteiger partial charge in [-0.2, -0.15) is 5.10 Å². The Kier molecular flexibility index (Phi) is 8.45. The maximum atomic E-state index is 14.0. The Bertz CT molecular complexity index is 1660. The molecule has 1 amide bonds. The van der Waals surface area contributed by atoms with Crippen molar-refractivity contribution in [3.63, 3.8) is 0 Å². The van der Waals surface area contributed by atoms with E-state index in [2.05, 4.69) is 22.1 Å². The summed E-state index contributed by atoms with van der Waals surface area (Å²) in [6.07, 6.45) is 4.32. The molecule has 4 aromatic rings. The molecule has 1 unspecified atom stereocenters. The van der Waals surface area contributed by atoms with Gasteiger partial charge in [-0.3, -0.25) is 9.69 Å². The van der Waals surface area contributed by atoms with Crippen LogP contribution in [-0.2, 0) is 16.4 Å². The molecule has 3 aromatic carbocycles. The van der Waals surface area contributed by atoms with Gasteiger partial charge in [0.25, 0.3) is 5.91 Å². The molecule has 3 heterocycles. The van der Waals surface area contributed by atoms with Crippen LogP contribution < -0.4 is 0 Å². The molecule has 2 fully saturated rings. The molecule has 0 radical (unpaired) electrons. The Morgan fingerprint density at radius 1 is 0.884 bits per heavy atom. The van der Waals surface area contributed by atoms with Crippen LogP contribution in [0.5, 0.6) is 0 Å². The van der Waals surface area contributed by atoms with E-state index < -0.39 is 9.84 Å². The van der Waals surface area contributed by atoms with Gasteiger partial charge in [-0.05, 0) is 79.9 Å². The fraction of sp³-hybridized carbons (Fsp3) is 0.353. The molecule has 2 aliphatic heterocycles. The first kappa shape index (κ1) is 29.3. The molecule has 43 heavy (non-hydrogen) atoms. The van der Waals surface area contributed by atoms with E-state index in [1.807, 2.05) is 39.9 Å². The van der Waals surface area contributed by atoms with Crippen molar-refractivity contribution in [2.24, 2.45) is 0 Å². The Balaban J connectivity index is 1.20. The van der Waals surface area contributed by atoms with Gasteiger partial charge in [0.1, 0.15) is 5.82 Å². The number of hydrogen-bond acceptors (Lipinski definition) is 5. The minimum Gasteiger partial charge on any atom is -0.338 e. The average molecular weight is 601 g/mol. The van der Waals surface area contributed by atoms with E-state index in [1.165, 1.54) is 17.7 Å². The summed E-state index contributed by atoms with van der Waals surface area (Å²) in [4.78, 5) is 18.6. The molecule has 0 bridgehead atoms. The van der Waals surface area contributed by atoms with Crippen LogP contribution in [-0.4, -0.2) is 65.8 Å². The minimum atomic E-state index is -3.22. The Labute approximate surface area is 252 Å². The molecule has 224 valence electrons. The molecule has 6 rings (SSSR count). The smallest absolute Gasteiger partial charge is 0.257 e. The number of carbonyl (C=O) groups is 1. The van der Waals surface area contributed by atoms with Crippen LogP contribution in [0.3, 0.4) is 0 Å². The normalized spacial score (nSPS) is 18.3. The van der Waals surface area contributed by atoms with Gasteiger partial charge >= 0.3 is 0 Å². The highest BCUT2D eigenvalue weighted by Gasteiger charge is 2.34. The molecular formula is C34H37FN4O3S. The van der Waals surface area contributed by atoms with Gasteiger partial charge in [0.2, 0.25) is 0 Å². The summed E-state index contributed by atoms with van der Waals surface area (Å²) in [6, 6.07) is 23.8. The zero-order valence-corrected chi connectivity index (χ0v) is 25.2. The van der Waals surface area contributed by atoms with E-state index in [1.54, 1.807) is 37.4 Å². The number of likely N-dealkylation sites (tertiary alicyclic amines) is 2. The lowest BCUT2D eigenvalue weighted by atomic mass is 9.90. The second-order valence-electron chi connectivity index (χ2n) is 11.6. The number of hydrogen-bond donors (Lipinski definition) is 0. The van der Waals surface area contributed by atoms with Crippen molar-refractivity contribution in [2.45, 2.75) is 49.5 Å². The van der Waals surface area contributed by atoms with Crippen LogP contribution >= 0.6 is 0 Å². The van der Waals surface area contributed by atoms with Crippen LogP contribution in [0.1, 0.15) is 65.2 Å². The third-order valence-electron chi connectivity index (χ3n) is 8.90. The largest absolute Gasteiger partial charge is 0.338 e. The molecule has 0 N–H and O–H groups in total. The SMILES string of the molecule is CCS(=O)(=O)c1ccc(CN2CCC(c3c(C(=O)N4CCC(c5ccccc5)C4)cnn3-c3ccc(F)cc3)CC2)cc1. The monoisotopic (exact) mass is 600 g/mol. The van der Waals surface area contributed by atoms with Crippen molar-refractivity contribution in [3.05, 3.63) is 113 Å². The zero-order valence-electron chi connectivity index (χ0n) is 24.4. The van der Waals surface area contributed by atoms with Gasteiger partial charge in [0.15, 0.2) is 9.84 Å². The number of nitrogens with zero attached hydrogens (tertiary/aromatic N) is 4. The first-order valence-corrected chi connectivity index (χ1v) is 16.7.